The second kappa shape index (κ2) is 8.31. The van der Waals surface area contributed by atoms with E-state index in [9.17, 15) is 14.4 Å². The number of piperazine rings is 1. The summed E-state index contributed by atoms with van der Waals surface area (Å²) in [6, 6.07) is 3.70. The molecule has 0 spiro atoms. The van der Waals surface area contributed by atoms with Crippen LogP contribution in [0.25, 0.3) is 0 Å². The molecule has 8 nitrogen and oxygen atoms in total. The average molecular weight is 453 g/mol. The van der Waals surface area contributed by atoms with E-state index in [0.717, 1.165) is 42.6 Å². The molecule has 0 aromatic heterocycles. The van der Waals surface area contributed by atoms with Gasteiger partial charge in [-0.1, -0.05) is 19.3 Å². The molecule has 6 rings (SSSR count). The van der Waals surface area contributed by atoms with E-state index in [0.29, 0.717) is 31.2 Å². The van der Waals surface area contributed by atoms with Crippen molar-refractivity contribution in [2.75, 3.05) is 37.7 Å². The summed E-state index contributed by atoms with van der Waals surface area (Å²) in [4.78, 5) is 43.6. The van der Waals surface area contributed by atoms with E-state index in [4.69, 9.17) is 4.74 Å². The topological polar surface area (TPSA) is 82.2 Å². The summed E-state index contributed by atoms with van der Waals surface area (Å²) in [7, 11) is 0. The third-order valence-electron chi connectivity index (χ3n) is 8.15. The monoisotopic (exact) mass is 452 g/mol. The molecule has 1 unspecified atom stereocenters. The normalized spacial score (nSPS) is 28.2. The zero-order valence-corrected chi connectivity index (χ0v) is 19.1. The van der Waals surface area contributed by atoms with Gasteiger partial charge in [0.05, 0.1) is 11.7 Å². The molecule has 1 aliphatic carbocycles. The minimum absolute atomic E-state index is 0.148. The van der Waals surface area contributed by atoms with Crippen LogP contribution in [-0.4, -0.2) is 72.4 Å². The summed E-state index contributed by atoms with van der Waals surface area (Å²) in [5.74, 6) is 0.824. The summed E-state index contributed by atoms with van der Waals surface area (Å²) < 4.78 is 6.16. The van der Waals surface area contributed by atoms with Crippen LogP contribution in [0.4, 0.5) is 5.69 Å². The van der Waals surface area contributed by atoms with Gasteiger partial charge in [0.25, 0.3) is 5.91 Å². The van der Waals surface area contributed by atoms with E-state index in [2.05, 4.69) is 21.2 Å². The third-order valence-corrected chi connectivity index (χ3v) is 8.15. The number of hydrogen-bond donors (Lipinski definition) is 1. The molecule has 2 atom stereocenters. The predicted molar refractivity (Wildman–Crippen MR) is 122 cm³/mol. The van der Waals surface area contributed by atoms with Gasteiger partial charge in [-0.25, -0.2) is 0 Å². The average Bonchev–Trinajstić information content (AvgIpc) is 3.13. The summed E-state index contributed by atoms with van der Waals surface area (Å²) in [5.41, 5.74) is 2.63. The molecule has 33 heavy (non-hydrogen) atoms. The number of carbonyl (C=O) groups is 3. The molecule has 5 aliphatic rings. The van der Waals surface area contributed by atoms with Crippen molar-refractivity contribution in [3.63, 3.8) is 0 Å². The van der Waals surface area contributed by atoms with Gasteiger partial charge in [-0.2, -0.15) is 0 Å². The fourth-order valence-corrected chi connectivity index (χ4v) is 6.39. The number of benzene rings is 1. The number of nitrogens with zero attached hydrogens (tertiary/aromatic N) is 3. The molecule has 2 saturated heterocycles. The Morgan fingerprint density at radius 2 is 1.85 bits per heavy atom. The number of hydrogen-bond acceptors (Lipinski definition) is 6. The Labute approximate surface area is 194 Å². The Bertz CT molecular complexity index is 989. The van der Waals surface area contributed by atoms with E-state index in [-0.39, 0.29) is 24.1 Å². The van der Waals surface area contributed by atoms with Gasteiger partial charge in [-0.3, -0.25) is 24.6 Å². The number of piperidine rings is 1. The van der Waals surface area contributed by atoms with Gasteiger partial charge >= 0.3 is 0 Å². The fraction of sp³-hybridized carbons (Fsp3) is 0.640. The molecule has 1 aromatic rings. The maximum absolute atomic E-state index is 13.1. The van der Waals surface area contributed by atoms with Crippen LogP contribution in [0.15, 0.2) is 12.1 Å². The lowest BCUT2D eigenvalue weighted by Gasteiger charge is -2.46. The molecule has 4 heterocycles. The number of ether oxygens (including phenoxy) is 1. The third kappa shape index (κ3) is 3.78. The lowest BCUT2D eigenvalue weighted by Crippen LogP contribution is -2.57. The Kier molecular flexibility index (Phi) is 5.28. The van der Waals surface area contributed by atoms with E-state index >= 15 is 0 Å². The Hall–Kier alpha value is -2.61. The molecular weight excluding hydrogens is 420 g/mol. The molecule has 3 amide bonds. The molecule has 1 N–H and O–H groups in total. The van der Waals surface area contributed by atoms with Crippen LogP contribution in [0, 0.1) is 5.92 Å². The van der Waals surface area contributed by atoms with Gasteiger partial charge in [-0.15, -0.1) is 0 Å². The Morgan fingerprint density at radius 3 is 2.67 bits per heavy atom. The molecule has 1 saturated carbocycles. The van der Waals surface area contributed by atoms with Gasteiger partial charge in [0.1, 0.15) is 18.4 Å². The van der Waals surface area contributed by atoms with Gasteiger partial charge in [0, 0.05) is 44.7 Å². The van der Waals surface area contributed by atoms with E-state index in [1.54, 1.807) is 4.90 Å². The van der Waals surface area contributed by atoms with E-state index in [1.165, 1.54) is 38.6 Å². The van der Waals surface area contributed by atoms with E-state index < -0.39 is 6.04 Å². The molecule has 3 fully saturated rings. The second-order valence-electron chi connectivity index (χ2n) is 10.3. The van der Waals surface area contributed by atoms with Crippen molar-refractivity contribution >= 4 is 23.4 Å². The number of fused-ring (bicyclic) bond motifs is 4. The van der Waals surface area contributed by atoms with Gasteiger partial charge in [0.15, 0.2) is 0 Å². The summed E-state index contributed by atoms with van der Waals surface area (Å²) >= 11 is 0. The van der Waals surface area contributed by atoms with Crippen molar-refractivity contribution in [2.24, 2.45) is 5.92 Å². The van der Waals surface area contributed by atoms with Crippen LogP contribution in [0.1, 0.15) is 60.9 Å². The van der Waals surface area contributed by atoms with Crippen molar-refractivity contribution in [2.45, 2.75) is 63.6 Å². The van der Waals surface area contributed by atoms with Gasteiger partial charge in [-0.05, 0) is 42.9 Å². The second-order valence-corrected chi connectivity index (χ2v) is 10.3. The Balaban J connectivity index is 1.17. The van der Waals surface area contributed by atoms with Crippen molar-refractivity contribution < 1.29 is 19.1 Å². The SMILES string of the molecule is O=C1CCC(N2Cc3cc4c(cc3C2=O)OC[C@@H]2CN(CC3CCCCC3)CCN42)C(=O)N1. The van der Waals surface area contributed by atoms with E-state index in [1.807, 2.05) is 6.07 Å². The standard InChI is InChI=1S/C25H32N4O4/c30-23-7-6-20(24(31)26-23)29-13-17-10-21-22(11-19(17)25(29)32)33-15-18-14-27(8-9-28(18)21)12-16-4-2-1-3-5-16/h10-11,16,18,20H,1-9,12-15H2,(H,26,30,31)/t18-,20?/m0/s1. The van der Waals surface area contributed by atoms with Crippen LogP contribution in [0.5, 0.6) is 5.75 Å². The first-order chi connectivity index (χ1) is 16.1. The molecule has 4 aliphatic heterocycles. The highest BCUT2D eigenvalue weighted by Crippen LogP contribution is 2.41. The fourth-order valence-electron chi connectivity index (χ4n) is 6.39. The van der Waals surface area contributed by atoms with Crippen LogP contribution in [-0.2, 0) is 16.1 Å². The largest absolute Gasteiger partial charge is 0.489 e. The minimum Gasteiger partial charge on any atom is -0.489 e. The molecule has 1 aromatic carbocycles. The lowest BCUT2D eigenvalue weighted by atomic mass is 9.88. The predicted octanol–water partition coefficient (Wildman–Crippen LogP) is 1.91. The Morgan fingerprint density at radius 1 is 1.00 bits per heavy atom. The molecular formula is C25H32N4O4. The molecule has 0 radical (unpaired) electrons. The first-order valence-electron chi connectivity index (χ1n) is 12.5. The zero-order valence-electron chi connectivity index (χ0n) is 19.1. The summed E-state index contributed by atoms with van der Waals surface area (Å²) in [6.07, 6.45) is 7.54. The molecule has 0 bridgehead atoms. The van der Waals surface area contributed by atoms with Crippen molar-refractivity contribution in [3.8, 4) is 5.75 Å². The highest BCUT2D eigenvalue weighted by Gasteiger charge is 2.41. The molecule has 176 valence electrons. The maximum Gasteiger partial charge on any atom is 0.255 e. The summed E-state index contributed by atoms with van der Waals surface area (Å²) in [5, 5.41) is 2.37. The maximum atomic E-state index is 13.1. The van der Waals surface area contributed by atoms with Crippen LogP contribution >= 0.6 is 0 Å². The number of nitrogens with one attached hydrogen (secondary N) is 1. The first-order valence-corrected chi connectivity index (χ1v) is 12.5. The number of anilines is 1. The number of amides is 3. The van der Waals surface area contributed by atoms with Crippen molar-refractivity contribution in [3.05, 3.63) is 23.3 Å². The van der Waals surface area contributed by atoms with Crippen molar-refractivity contribution in [1.29, 1.82) is 0 Å². The smallest absolute Gasteiger partial charge is 0.255 e. The van der Waals surface area contributed by atoms with Gasteiger partial charge < -0.3 is 14.5 Å². The van der Waals surface area contributed by atoms with Crippen molar-refractivity contribution in [1.82, 2.24) is 15.1 Å². The van der Waals surface area contributed by atoms with Crippen LogP contribution in [0.3, 0.4) is 0 Å². The zero-order chi connectivity index (χ0) is 22.5. The lowest BCUT2D eigenvalue weighted by molar-refractivity contribution is -0.136. The number of imide groups is 1. The quantitative estimate of drug-likeness (QED) is 0.706. The minimum atomic E-state index is -0.586. The highest BCUT2D eigenvalue weighted by molar-refractivity contribution is 6.05. The first kappa shape index (κ1) is 21.0. The van der Waals surface area contributed by atoms with Crippen LogP contribution < -0.4 is 15.0 Å². The highest BCUT2D eigenvalue weighted by atomic mass is 16.5. The van der Waals surface area contributed by atoms with Gasteiger partial charge in [0.2, 0.25) is 11.8 Å². The van der Waals surface area contributed by atoms with Crippen LogP contribution in [0.2, 0.25) is 0 Å². The number of carbonyl (C=O) groups excluding carboxylic acids is 3. The molecule has 8 heteroatoms. The number of rotatable bonds is 3. The summed E-state index contributed by atoms with van der Waals surface area (Å²) in [6.45, 7) is 5.30.